The van der Waals surface area contributed by atoms with Crippen LogP contribution < -0.4 is 5.32 Å². The zero-order chi connectivity index (χ0) is 17.8. The molecule has 0 aliphatic carbocycles. The quantitative estimate of drug-likeness (QED) is 0.643. The predicted molar refractivity (Wildman–Crippen MR) is 95.7 cm³/mol. The Morgan fingerprint density at radius 2 is 1.74 bits per heavy atom. The molecule has 0 saturated carbocycles. The number of carbonyl (C=O) groups excluding carboxylic acids is 1. The molecule has 3 nitrogen and oxygen atoms in total. The van der Waals surface area contributed by atoms with Crippen LogP contribution in [-0.2, 0) is 15.6 Å². The number of amides is 1. The van der Waals surface area contributed by atoms with E-state index >= 15 is 0 Å². The molecule has 0 fully saturated rings. The second kappa shape index (κ2) is 7.08. The molecule has 0 aliphatic heterocycles. The summed E-state index contributed by atoms with van der Waals surface area (Å²) in [6.07, 6.45) is 0.559. The second-order valence-electron chi connectivity index (χ2n) is 7.95. The lowest BCUT2D eigenvalue weighted by atomic mass is 9.79. The molecule has 1 rings (SSSR count). The predicted octanol–water partition coefficient (Wildman–Crippen LogP) is 3.86. The highest BCUT2D eigenvalue weighted by atomic mass is 16.3. The zero-order valence-electron chi connectivity index (χ0n) is 15.4. The molecule has 126 valence electrons. The Labute approximate surface area is 140 Å². The van der Waals surface area contributed by atoms with Crippen LogP contribution in [0, 0.1) is 11.8 Å². The topological polar surface area (TPSA) is 49.3 Å². The molecule has 0 saturated heterocycles. The van der Waals surface area contributed by atoms with Crippen LogP contribution in [0.15, 0.2) is 12.1 Å². The minimum absolute atomic E-state index is 0.0136. The lowest BCUT2D eigenvalue weighted by Gasteiger charge is -2.26. The first-order valence-electron chi connectivity index (χ1n) is 8.04. The van der Waals surface area contributed by atoms with Gasteiger partial charge in [0, 0.05) is 25.5 Å². The molecular weight excluding hydrogens is 286 g/mol. The summed E-state index contributed by atoms with van der Waals surface area (Å²) in [5.41, 5.74) is 2.56. The van der Waals surface area contributed by atoms with Gasteiger partial charge in [-0.1, -0.05) is 59.4 Å². The van der Waals surface area contributed by atoms with Crippen molar-refractivity contribution in [3.05, 3.63) is 28.8 Å². The lowest BCUT2D eigenvalue weighted by molar-refractivity contribution is -0.118. The molecule has 0 radical (unpaired) electrons. The number of carbonyl (C=O) groups is 1. The molecule has 0 bridgehead atoms. The molecule has 0 spiro atoms. The molecule has 3 heteroatoms. The highest BCUT2D eigenvalue weighted by molar-refractivity contribution is 5.72. The molecule has 0 atom stereocenters. The number of hydrogen-bond acceptors (Lipinski definition) is 2. The first-order chi connectivity index (χ1) is 10.4. The highest BCUT2D eigenvalue weighted by Crippen LogP contribution is 2.37. The third kappa shape index (κ3) is 5.63. The smallest absolute Gasteiger partial charge is 0.216 e. The van der Waals surface area contributed by atoms with E-state index in [1.54, 1.807) is 0 Å². The first kappa shape index (κ1) is 19.1. The van der Waals surface area contributed by atoms with Crippen molar-refractivity contribution < 1.29 is 9.90 Å². The van der Waals surface area contributed by atoms with Gasteiger partial charge in [0.1, 0.15) is 5.75 Å². The van der Waals surface area contributed by atoms with Gasteiger partial charge in [-0.3, -0.25) is 4.79 Å². The summed E-state index contributed by atoms with van der Waals surface area (Å²) < 4.78 is 0. The molecule has 1 amide bonds. The van der Waals surface area contributed by atoms with Gasteiger partial charge < -0.3 is 10.4 Å². The third-order valence-corrected chi connectivity index (χ3v) is 3.63. The monoisotopic (exact) mass is 315 g/mol. The van der Waals surface area contributed by atoms with Crippen molar-refractivity contribution in [2.75, 3.05) is 6.54 Å². The number of aromatic hydroxyl groups is 1. The Morgan fingerprint density at radius 1 is 1.13 bits per heavy atom. The van der Waals surface area contributed by atoms with Crippen LogP contribution >= 0.6 is 0 Å². The summed E-state index contributed by atoms with van der Waals surface area (Å²) in [5, 5.41) is 13.3. The maximum atomic E-state index is 10.8. The van der Waals surface area contributed by atoms with Gasteiger partial charge in [0.2, 0.25) is 5.91 Å². The van der Waals surface area contributed by atoms with E-state index in [4.69, 9.17) is 0 Å². The summed E-state index contributed by atoms with van der Waals surface area (Å²) in [5.74, 6) is 6.30. The summed E-state index contributed by atoms with van der Waals surface area (Å²) in [4.78, 5) is 10.8. The fourth-order valence-electron chi connectivity index (χ4n) is 2.19. The fourth-order valence-corrected chi connectivity index (χ4v) is 2.19. The van der Waals surface area contributed by atoms with Gasteiger partial charge in [-0.05, 0) is 22.5 Å². The SMILES string of the molecule is CC(=O)NCCC#Cc1cc(C(C)(C)C)cc(C(C)(C)C)c1O. The van der Waals surface area contributed by atoms with Crippen LogP contribution in [-0.4, -0.2) is 17.6 Å². The van der Waals surface area contributed by atoms with Crippen LogP contribution in [0.5, 0.6) is 5.75 Å². The molecule has 23 heavy (non-hydrogen) atoms. The number of hydrogen-bond donors (Lipinski definition) is 2. The second-order valence-corrected chi connectivity index (χ2v) is 7.95. The van der Waals surface area contributed by atoms with E-state index in [1.807, 2.05) is 6.07 Å². The Morgan fingerprint density at radius 3 is 2.22 bits per heavy atom. The summed E-state index contributed by atoms with van der Waals surface area (Å²) in [6.45, 7) is 14.7. The lowest BCUT2D eigenvalue weighted by Crippen LogP contribution is -2.20. The molecule has 0 aromatic heterocycles. The van der Waals surface area contributed by atoms with Crippen LogP contribution in [0.2, 0.25) is 0 Å². The standard InChI is InChI=1S/C20H29NO2/c1-14(22)21-11-9-8-10-15-12-16(19(2,3)4)13-17(18(15)23)20(5,6)7/h12-13,23H,9,11H2,1-7H3,(H,21,22). The van der Waals surface area contributed by atoms with Gasteiger partial charge in [0.15, 0.2) is 0 Å². The molecule has 0 heterocycles. The van der Waals surface area contributed by atoms with Crippen LogP contribution in [0.1, 0.15) is 71.6 Å². The van der Waals surface area contributed by atoms with E-state index in [9.17, 15) is 9.90 Å². The largest absolute Gasteiger partial charge is 0.506 e. The Bertz CT molecular complexity index is 635. The maximum Gasteiger partial charge on any atom is 0.216 e. The van der Waals surface area contributed by atoms with Crippen molar-refractivity contribution in [2.45, 2.75) is 65.7 Å². The van der Waals surface area contributed by atoms with Gasteiger partial charge in [0.25, 0.3) is 0 Å². The molecular formula is C20H29NO2. The van der Waals surface area contributed by atoms with E-state index in [0.29, 0.717) is 18.5 Å². The normalized spacial score (nSPS) is 11.6. The first-order valence-corrected chi connectivity index (χ1v) is 8.04. The van der Waals surface area contributed by atoms with Crippen molar-refractivity contribution in [3.8, 4) is 17.6 Å². The van der Waals surface area contributed by atoms with Gasteiger partial charge in [-0.25, -0.2) is 0 Å². The summed E-state index contributed by atoms with van der Waals surface area (Å²) in [6, 6.07) is 4.05. The minimum atomic E-state index is -0.155. The average molecular weight is 315 g/mol. The molecule has 0 unspecified atom stereocenters. The van der Waals surface area contributed by atoms with Crippen molar-refractivity contribution in [3.63, 3.8) is 0 Å². The fraction of sp³-hybridized carbons (Fsp3) is 0.550. The van der Waals surface area contributed by atoms with Crippen molar-refractivity contribution in [2.24, 2.45) is 0 Å². The van der Waals surface area contributed by atoms with Crippen LogP contribution in [0.4, 0.5) is 0 Å². The van der Waals surface area contributed by atoms with E-state index in [1.165, 1.54) is 6.92 Å². The average Bonchev–Trinajstić information content (AvgIpc) is 2.36. The van der Waals surface area contributed by atoms with E-state index in [2.05, 4.69) is 64.8 Å². The number of phenolic OH excluding ortho intramolecular Hbond substituents is 1. The number of phenols is 1. The zero-order valence-corrected chi connectivity index (χ0v) is 15.4. The van der Waals surface area contributed by atoms with Gasteiger partial charge in [-0.2, -0.15) is 0 Å². The van der Waals surface area contributed by atoms with E-state index < -0.39 is 0 Å². The Hall–Kier alpha value is -1.95. The molecule has 1 aromatic carbocycles. The number of nitrogens with one attached hydrogen (secondary N) is 1. The summed E-state index contributed by atoms with van der Waals surface area (Å²) in [7, 11) is 0. The Balaban J connectivity index is 3.21. The number of benzene rings is 1. The van der Waals surface area contributed by atoms with Crippen molar-refractivity contribution in [1.29, 1.82) is 0 Å². The van der Waals surface area contributed by atoms with Crippen molar-refractivity contribution >= 4 is 5.91 Å². The summed E-state index contributed by atoms with van der Waals surface area (Å²) >= 11 is 0. The molecule has 2 N–H and O–H groups in total. The Kier molecular flexibility index (Phi) is 5.88. The van der Waals surface area contributed by atoms with Crippen LogP contribution in [0.25, 0.3) is 0 Å². The van der Waals surface area contributed by atoms with E-state index in [-0.39, 0.29) is 22.5 Å². The third-order valence-electron chi connectivity index (χ3n) is 3.63. The minimum Gasteiger partial charge on any atom is -0.506 e. The van der Waals surface area contributed by atoms with Crippen LogP contribution in [0.3, 0.4) is 0 Å². The maximum absolute atomic E-state index is 10.8. The van der Waals surface area contributed by atoms with Gasteiger partial charge in [0.05, 0.1) is 5.56 Å². The highest BCUT2D eigenvalue weighted by Gasteiger charge is 2.24. The van der Waals surface area contributed by atoms with Gasteiger partial charge in [-0.15, -0.1) is 0 Å². The number of rotatable bonds is 2. The van der Waals surface area contributed by atoms with Crippen molar-refractivity contribution in [1.82, 2.24) is 5.32 Å². The molecule has 0 aliphatic rings. The molecule has 1 aromatic rings. The van der Waals surface area contributed by atoms with E-state index in [0.717, 1.165) is 11.1 Å². The van der Waals surface area contributed by atoms with Gasteiger partial charge >= 0.3 is 0 Å².